The number of amides is 6. The van der Waals surface area contributed by atoms with Gasteiger partial charge in [-0.1, -0.05) is 6.08 Å². The lowest BCUT2D eigenvalue weighted by Crippen LogP contribution is -2.45. The van der Waals surface area contributed by atoms with Crippen LogP contribution < -0.4 is 5.32 Å². The van der Waals surface area contributed by atoms with Crippen LogP contribution in [0.5, 0.6) is 0 Å². The zero-order chi connectivity index (χ0) is 19.3. The van der Waals surface area contributed by atoms with Gasteiger partial charge in [-0.25, -0.2) is 9.69 Å². The molecule has 1 N–H and O–H groups in total. The fourth-order valence-corrected chi connectivity index (χ4v) is 2.19. The van der Waals surface area contributed by atoms with E-state index in [-0.39, 0.29) is 19.6 Å². The van der Waals surface area contributed by atoms with Crippen LogP contribution in [-0.4, -0.2) is 71.0 Å². The zero-order valence-electron chi connectivity index (χ0n) is 14.1. The number of nitrogens with zero attached hydrogens (tertiary/aromatic N) is 3. The van der Waals surface area contributed by atoms with E-state index in [0.29, 0.717) is 15.6 Å². The maximum Gasteiger partial charge on any atom is 0.335 e. The van der Waals surface area contributed by atoms with E-state index < -0.39 is 36.2 Å². The van der Waals surface area contributed by atoms with Crippen molar-refractivity contribution in [1.29, 1.82) is 0 Å². The van der Waals surface area contributed by atoms with Crippen molar-refractivity contribution in [2.24, 2.45) is 0 Å². The highest BCUT2D eigenvalue weighted by Crippen LogP contribution is 2.12. The molecule has 1 aliphatic heterocycles. The first-order valence-electron chi connectivity index (χ1n) is 7.66. The third kappa shape index (κ3) is 4.15. The van der Waals surface area contributed by atoms with E-state index in [1.807, 2.05) is 0 Å². The van der Waals surface area contributed by atoms with Gasteiger partial charge in [-0.15, -0.1) is 6.58 Å². The van der Waals surface area contributed by atoms with E-state index in [4.69, 9.17) is 4.42 Å². The first-order valence-corrected chi connectivity index (χ1v) is 7.66. The SMILES string of the molecule is C=CCN1C(=O)C(=O)N(CC(=O)N(C)CC(=O)NCc2ccco2)C1=O. The topological polar surface area (TPSA) is 120 Å². The number of likely N-dealkylation sites (N-methyl/N-ethyl adjacent to an activating group) is 1. The summed E-state index contributed by atoms with van der Waals surface area (Å²) in [4.78, 5) is 61.9. The first kappa shape index (κ1) is 18.9. The number of urea groups is 1. The van der Waals surface area contributed by atoms with Gasteiger partial charge in [0.2, 0.25) is 11.8 Å². The van der Waals surface area contributed by atoms with Crippen molar-refractivity contribution in [1.82, 2.24) is 20.0 Å². The Bertz CT molecular complexity index is 742. The minimum atomic E-state index is -1.08. The van der Waals surface area contributed by atoms with Crippen LogP contribution in [0.3, 0.4) is 0 Å². The summed E-state index contributed by atoms with van der Waals surface area (Å²) in [6, 6.07) is 2.48. The molecule has 10 heteroatoms. The molecule has 1 saturated heterocycles. The van der Waals surface area contributed by atoms with Gasteiger partial charge in [0.1, 0.15) is 12.3 Å². The monoisotopic (exact) mass is 362 g/mol. The van der Waals surface area contributed by atoms with Crippen LogP contribution >= 0.6 is 0 Å². The summed E-state index contributed by atoms with van der Waals surface area (Å²) >= 11 is 0. The molecule has 10 nitrogen and oxygen atoms in total. The van der Waals surface area contributed by atoms with Crippen molar-refractivity contribution < 1.29 is 28.4 Å². The highest BCUT2D eigenvalue weighted by molar-refractivity contribution is 6.45. The fraction of sp³-hybridized carbons (Fsp3) is 0.312. The van der Waals surface area contributed by atoms with Crippen molar-refractivity contribution in [2.45, 2.75) is 6.54 Å². The number of carbonyl (C=O) groups is 5. The third-order valence-corrected chi connectivity index (χ3v) is 3.59. The lowest BCUT2D eigenvalue weighted by Gasteiger charge is -2.20. The zero-order valence-corrected chi connectivity index (χ0v) is 14.1. The predicted molar refractivity (Wildman–Crippen MR) is 87.2 cm³/mol. The molecule has 0 bridgehead atoms. The van der Waals surface area contributed by atoms with Crippen molar-refractivity contribution >= 4 is 29.7 Å². The van der Waals surface area contributed by atoms with E-state index in [1.165, 1.54) is 19.4 Å². The Morgan fingerprint density at radius 1 is 1.27 bits per heavy atom. The second-order valence-corrected chi connectivity index (χ2v) is 5.48. The molecular weight excluding hydrogens is 344 g/mol. The maximum atomic E-state index is 12.2. The Morgan fingerprint density at radius 2 is 1.96 bits per heavy atom. The summed E-state index contributed by atoms with van der Waals surface area (Å²) in [5.41, 5.74) is 0. The van der Waals surface area contributed by atoms with Crippen LogP contribution in [0.1, 0.15) is 5.76 Å². The molecule has 1 aromatic heterocycles. The van der Waals surface area contributed by atoms with E-state index in [0.717, 1.165) is 4.90 Å². The highest BCUT2D eigenvalue weighted by Gasteiger charge is 2.44. The van der Waals surface area contributed by atoms with E-state index in [1.54, 1.807) is 12.1 Å². The molecule has 0 aliphatic carbocycles. The van der Waals surface area contributed by atoms with E-state index >= 15 is 0 Å². The molecule has 2 heterocycles. The lowest BCUT2D eigenvalue weighted by atomic mass is 10.4. The smallest absolute Gasteiger partial charge is 0.335 e. The molecule has 6 amide bonds. The molecule has 0 atom stereocenters. The van der Waals surface area contributed by atoms with Gasteiger partial charge in [0.05, 0.1) is 19.4 Å². The quantitative estimate of drug-likeness (QED) is 0.372. The average Bonchev–Trinajstić information content (AvgIpc) is 3.19. The molecule has 1 fully saturated rings. The van der Waals surface area contributed by atoms with Crippen LogP contribution in [-0.2, 0) is 25.7 Å². The number of hydrogen-bond acceptors (Lipinski definition) is 6. The number of carbonyl (C=O) groups excluding carboxylic acids is 5. The van der Waals surface area contributed by atoms with Crippen molar-refractivity contribution in [2.75, 3.05) is 26.7 Å². The fourth-order valence-electron chi connectivity index (χ4n) is 2.19. The second-order valence-electron chi connectivity index (χ2n) is 5.48. The number of imide groups is 2. The summed E-state index contributed by atoms with van der Waals surface area (Å²) in [5.74, 6) is -2.64. The first-order chi connectivity index (χ1) is 12.3. The van der Waals surface area contributed by atoms with Crippen LogP contribution in [0.25, 0.3) is 0 Å². The molecule has 1 aromatic rings. The highest BCUT2D eigenvalue weighted by atomic mass is 16.3. The van der Waals surface area contributed by atoms with Gasteiger partial charge in [0.25, 0.3) is 0 Å². The van der Waals surface area contributed by atoms with Crippen molar-refractivity contribution in [3.63, 3.8) is 0 Å². The average molecular weight is 362 g/mol. The number of rotatable bonds is 8. The van der Waals surface area contributed by atoms with Crippen molar-refractivity contribution in [3.8, 4) is 0 Å². The standard InChI is InChI=1S/C16H18N4O6/c1-3-6-19-14(23)15(24)20(16(19)25)10-13(22)18(2)9-12(21)17-8-11-5-4-7-26-11/h3-5,7H,1,6,8-10H2,2H3,(H,17,21). The van der Waals surface area contributed by atoms with Crippen LogP contribution in [0.4, 0.5) is 4.79 Å². The Kier molecular flexibility index (Phi) is 5.89. The molecule has 0 radical (unpaired) electrons. The molecule has 1 aliphatic rings. The van der Waals surface area contributed by atoms with Gasteiger partial charge in [-0.2, -0.15) is 0 Å². The Labute approximate surface area is 149 Å². The molecule has 138 valence electrons. The van der Waals surface area contributed by atoms with Crippen LogP contribution in [0, 0.1) is 0 Å². The predicted octanol–water partition coefficient (Wildman–Crippen LogP) is -0.669. The number of nitrogens with one attached hydrogen (secondary N) is 1. The molecular formula is C16H18N4O6. The summed E-state index contributed by atoms with van der Waals surface area (Å²) in [6.07, 6.45) is 2.77. The molecule has 0 spiro atoms. The van der Waals surface area contributed by atoms with Gasteiger partial charge in [0.15, 0.2) is 0 Å². The normalized spacial score (nSPS) is 14.0. The van der Waals surface area contributed by atoms with E-state index in [9.17, 15) is 24.0 Å². The Hall–Kier alpha value is -3.43. The van der Waals surface area contributed by atoms with Crippen LogP contribution in [0.15, 0.2) is 35.5 Å². The summed E-state index contributed by atoms with van der Waals surface area (Å²) in [7, 11) is 1.35. The Morgan fingerprint density at radius 3 is 2.58 bits per heavy atom. The maximum absolute atomic E-state index is 12.2. The van der Waals surface area contributed by atoms with Gasteiger partial charge in [-0.3, -0.25) is 24.1 Å². The van der Waals surface area contributed by atoms with Crippen molar-refractivity contribution in [3.05, 3.63) is 36.8 Å². The van der Waals surface area contributed by atoms with Gasteiger partial charge < -0.3 is 14.6 Å². The van der Waals surface area contributed by atoms with E-state index in [2.05, 4.69) is 11.9 Å². The molecule has 2 rings (SSSR count). The lowest BCUT2D eigenvalue weighted by molar-refractivity contribution is -0.145. The summed E-state index contributed by atoms with van der Waals surface area (Å²) in [6.45, 7) is 2.54. The molecule has 26 heavy (non-hydrogen) atoms. The largest absolute Gasteiger partial charge is 0.467 e. The third-order valence-electron chi connectivity index (χ3n) is 3.59. The Balaban J connectivity index is 1.87. The molecule has 0 unspecified atom stereocenters. The van der Waals surface area contributed by atoms with Gasteiger partial charge >= 0.3 is 17.8 Å². The van der Waals surface area contributed by atoms with Gasteiger partial charge in [-0.05, 0) is 12.1 Å². The van der Waals surface area contributed by atoms with Gasteiger partial charge in [0, 0.05) is 13.6 Å². The summed E-state index contributed by atoms with van der Waals surface area (Å²) in [5, 5.41) is 2.57. The minimum Gasteiger partial charge on any atom is -0.467 e. The number of hydrogen-bond donors (Lipinski definition) is 1. The minimum absolute atomic E-state index is 0.126. The van der Waals surface area contributed by atoms with Crippen LogP contribution in [0.2, 0.25) is 0 Å². The number of furan rings is 1. The summed E-state index contributed by atoms with van der Waals surface area (Å²) < 4.78 is 5.07. The second kappa shape index (κ2) is 8.10. The molecule has 0 saturated carbocycles. The molecule has 0 aromatic carbocycles.